The summed E-state index contributed by atoms with van der Waals surface area (Å²) in [5.74, 6) is 1.66. The molecule has 0 spiro atoms. The Balaban J connectivity index is 1.75. The molecule has 0 amide bonds. The fraction of sp³-hybridized carbons (Fsp3) is 0.308. The highest BCUT2D eigenvalue weighted by Crippen LogP contribution is 2.33. The van der Waals surface area contributed by atoms with Crippen molar-refractivity contribution in [2.45, 2.75) is 13.0 Å². The maximum Gasteiger partial charge on any atom is 0.231 e. The van der Waals surface area contributed by atoms with Gasteiger partial charge in [0.2, 0.25) is 6.79 Å². The summed E-state index contributed by atoms with van der Waals surface area (Å²) in [5, 5.41) is 6.32. The van der Waals surface area contributed by atoms with Crippen molar-refractivity contribution in [3.63, 3.8) is 0 Å². The Morgan fingerprint density at radius 3 is 3.11 bits per heavy atom. The molecular weight excluding hydrogens is 248 g/mol. The van der Waals surface area contributed by atoms with Gasteiger partial charge < -0.3 is 14.8 Å². The van der Waals surface area contributed by atoms with Gasteiger partial charge in [0.25, 0.3) is 0 Å². The summed E-state index contributed by atoms with van der Waals surface area (Å²) in [6.07, 6.45) is 0.838. The molecule has 0 saturated heterocycles. The second kappa shape index (κ2) is 4.96. The van der Waals surface area contributed by atoms with Crippen LogP contribution in [0, 0.1) is 0 Å². The highest BCUT2D eigenvalue weighted by atomic mass is 32.1. The van der Waals surface area contributed by atoms with Gasteiger partial charge in [0.1, 0.15) is 0 Å². The zero-order valence-corrected chi connectivity index (χ0v) is 10.9. The molecule has 2 heterocycles. The molecule has 0 unspecified atom stereocenters. The highest BCUT2D eigenvalue weighted by molar-refractivity contribution is 7.09. The lowest BCUT2D eigenvalue weighted by molar-refractivity contribution is 0.174. The number of ether oxygens (including phenoxy) is 2. The number of hydrogen-bond acceptors (Lipinski definition) is 5. The summed E-state index contributed by atoms with van der Waals surface area (Å²) in [6.45, 7) is 1.14. The Bertz CT molecular complexity index is 554. The van der Waals surface area contributed by atoms with Gasteiger partial charge in [-0.05, 0) is 24.7 Å². The van der Waals surface area contributed by atoms with Gasteiger partial charge in [-0.25, -0.2) is 4.98 Å². The molecule has 0 aliphatic carbocycles. The molecule has 0 radical (unpaired) electrons. The number of hydrogen-bond donors (Lipinski definition) is 1. The van der Waals surface area contributed by atoms with Crippen LogP contribution in [0.25, 0.3) is 0 Å². The van der Waals surface area contributed by atoms with E-state index in [1.165, 1.54) is 5.56 Å². The topological polar surface area (TPSA) is 43.4 Å². The van der Waals surface area contributed by atoms with Crippen LogP contribution in [0.1, 0.15) is 16.3 Å². The second-order valence-corrected chi connectivity index (χ2v) is 5.07. The van der Waals surface area contributed by atoms with E-state index in [0.29, 0.717) is 6.79 Å². The Morgan fingerprint density at radius 2 is 2.22 bits per heavy atom. The fourth-order valence-electron chi connectivity index (χ4n) is 1.92. The molecule has 18 heavy (non-hydrogen) atoms. The number of nitrogens with zero attached hydrogens (tertiary/aromatic N) is 1. The molecule has 1 aliphatic heterocycles. The van der Waals surface area contributed by atoms with E-state index in [1.807, 2.05) is 19.2 Å². The number of nitrogens with one attached hydrogen (secondary N) is 1. The van der Waals surface area contributed by atoms with Crippen molar-refractivity contribution in [1.29, 1.82) is 0 Å². The first-order chi connectivity index (χ1) is 8.85. The van der Waals surface area contributed by atoms with Crippen molar-refractivity contribution >= 4 is 11.3 Å². The van der Waals surface area contributed by atoms with E-state index in [-0.39, 0.29) is 0 Å². The molecule has 2 aromatic rings. The van der Waals surface area contributed by atoms with Gasteiger partial charge >= 0.3 is 0 Å². The molecule has 94 valence electrons. The van der Waals surface area contributed by atoms with Crippen LogP contribution in [0.4, 0.5) is 0 Å². The van der Waals surface area contributed by atoms with Gasteiger partial charge in [-0.3, -0.25) is 0 Å². The molecule has 4 nitrogen and oxygen atoms in total. The minimum absolute atomic E-state index is 0.322. The molecule has 1 aromatic carbocycles. The number of fused-ring (bicyclic) bond motifs is 1. The van der Waals surface area contributed by atoms with Gasteiger partial charge in [0.15, 0.2) is 11.5 Å². The molecule has 3 rings (SSSR count). The Hall–Kier alpha value is -1.59. The zero-order chi connectivity index (χ0) is 12.4. The van der Waals surface area contributed by atoms with Gasteiger partial charge in [-0.15, -0.1) is 11.3 Å². The van der Waals surface area contributed by atoms with E-state index in [9.17, 15) is 0 Å². The van der Waals surface area contributed by atoms with E-state index in [0.717, 1.165) is 35.2 Å². The van der Waals surface area contributed by atoms with Crippen LogP contribution in [0.3, 0.4) is 0 Å². The smallest absolute Gasteiger partial charge is 0.231 e. The number of rotatable bonds is 4. The van der Waals surface area contributed by atoms with Gasteiger partial charge in [0.05, 0.1) is 10.7 Å². The average molecular weight is 262 g/mol. The van der Waals surface area contributed by atoms with E-state index >= 15 is 0 Å². The first-order valence-electron chi connectivity index (χ1n) is 5.81. The third-order valence-electron chi connectivity index (χ3n) is 2.75. The summed E-state index contributed by atoms with van der Waals surface area (Å²) < 4.78 is 10.7. The predicted molar refractivity (Wildman–Crippen MR) is 70.2 cm³/mol. The molecule has 5 heteroatoms. The lowest BCUT2D eigenvalue weighted by atomic mass is 10.1. The minimum atomic E-state index is 0.322. The second-order valence-electron chi connectivity index (χ2n) is 4.13. The monoisotopic (exact) mass is 262 g/mol. The van der Waals surface area contributed by atoms with Crippen molar-refractivity contribution in [2.24, 2.45) is 0 Å². The van der Waals surface area contributed by atoms with Crippen LogP contribution in [0.5, 0.6) is 11.5 Å². The summed E-state index contributed by atoms with van der Waals surface area (Å²) in [5.41, 5.74) is 2.29. The first-order valence-corrected chi connectivity index (χ1v) is 6.69. The molecule has 0 atom stereocenters. The van der Waals surface area contributed by atoms with Gasteiger partial charge in [0, 0.05) is 18.3 Å². The third-order valence-corrected chi connectivity index (χ3v) is 3.65. The van der Waals surface area contributed by atoms with Crippen molar-refractivity contribution in [2.75, 3.05) is 13.8 Å². The van der Waals surface area contributed by atoms with Crippen LogP contribution in [-0.2, 0) is 13.0 Å². The van der Waals surface area contributed by atoms with E-state index in [4.69, 9.17) is 9.47 Å². The summed E-state index contributed by atoms with van der Waals surface area (Å²) in [7, 11) is 1.93. The van der Waals surface area contributed by atoms with Crippen molar-refractivity contribution in [3.05, 3.63) is 39.8 Å². The first kappa shape index (κ1) is 11.5. The molecule has 1 aliphatic rings. The van der Waals surface area contributed by atoms with Crippen LogP contribution in [0.15, 0.2) is 23.6 Å². The molecule has 1 aromatic heterocycles. The van der Waals surface area contributed by atoms with Crippen molar-refractivity contribution < 1.29 is 9.47 Å². The lowest BCUT2D eigenvalue weighted by Crippen LogP contribution is -2.05. The Morgan fingerprint density at radius 1 is 1.33 bits per heavy atom. The maximum absolute atomic E-state index is 5.37. The van der Waals surface area contributed by atoms with Crippen LogP contribution in [-0.4, -0.2) is 18.8 Å². The maximum atomic E-state index is 5.37. The summed E-state index contributed by atoms with van der Waals surface area (Å²) >= 11 is 1.69. The average Bonchev–Trinajstić information content (AvgIpc) is 2.98. The van der Waals surface area contributed by atoms with Crippen LogP contribution >= 0.6 is 11.3 Å². The fourth-order valence-corrected chi connectivity index (χ4v) is 2.75. The molecule has 0 saturated carbocycles. The van der Waals surface area contributed by atoms with Crippen molar-refractivity contribution in [1.82, 2.24) is 10.3 Å². The van der Waals surface area contributed by atoms with Crippen LogP contribution in [0.2, 0.25) is 0 Å². The van der Waals surface area contributed by atoms with E-state index < -0.39 is 0 Å². The normalized spacial score (nSPS) is 12.9. The molecular formula is C13H14N2O2S. The quantitative estimate of drug-likeness (QED) is 0.917. The third kappa shape index (κ3) is 2.32. The summed E-state index contributed by atoms with van der Waals surface area (Å²) in [4.78, 5) is 4.57. The number of thiazole rings is 1. The summed E-state index contributed by atoms with van der Waals surface area (Å²) in [6, 6.07) is 6.05. The molecule has 1 N–H and O–H groups in total. The largest absolute Gasteiger partial charge is 0.454 e. The molecule has 0 fully saturated rings. The van der Waals surface area contributed by atoms with E-state index in [2.05, 4.69) is 21.7 Å². The lowest BCUT2D eigenvalue weighted by Gasteiger charge is -2.00. The highest BCUT2D eigenvalue weighted by Gasteiger charge is 2.13. The van der Waals surface area contributed by atoms with E-state index in [1.54, 1.807) is 11.3 Å². The van der Waals surface area contributed by atoms with Gasteiger partial charge in [-0.1, -0.05) is 6.07 Å². The van der Waals surface area contributed by atoms with Crippen molar-refractivity contribution in [3.8, 4) is 11.5 Å². The Labute approximate surface area is 110 Å². The number of aromatic nitrogens is 1. The van der Waals surface area contributed by atoms with Gasteiger partial charge in [-0.2, -0.15) is 0 Å². The number of benzene rings is 1. The standard InChI is InChI=1S/C13H14N2O2S/c1-14-6-10-7-18-13(15-10)5-9-2-3-11-12(4-9)17-8-16-11/h2-4,7,14H,5-6,8H2,1H3. The molecule has 0 bridgehead atoms. The minimum Gasteiger partial charge on any atom is -0.454 e. The SMILES string of the molecule is CNCc1csc(Cc2ccc3c(c2)OCO3)n1. The van der Waals surface area contributed by atoms with Crippen LogP contribution < -0.4 is 14.8 Å². The Kier molecular flexibility index (Phi) is 3.17. The zero-order valence-electron chi connectivity index (χ0n) is 10.1. The predicted octanol–water partition coefficient (Wildman–Crippen LogP) is 2.18.